The molecule has 0 spiro atoms. The molecular weight excluding hydrogens is 314 g/mol. The van der Waals surface area contributed by atoms with E-state index < -0.39 is 0 Å². The van der Waals surface area contributed by atoms with E-state index >= 15 is 0 Å². The lowest BCUT2D eigenvalue weighted by Gasteiger charge is -2.13. The Bertz CT molecular complexity index is 854. The summed E-state index contributed by atoms with van der Waals surface area (Å²) < 4.78 is 6.60. The molecule has 0 fully saturated rings. The third kappa shape index (κ3) is 2.55. The molecule has 3 aromatic rings. The second-order valence-electron chi connectivity index (χ2n) is 5.37. The number of ether oxygens (including phenoxy) is 1. The smallest absolute Gasteiger partial charge is 0.121 e. The van der Waals surface area contributed by atoms with E-state index in [4.69, 9.17) is 16.3 Å². The largest absolute Gasteiger partial charge is 0.497 e. The molecule has 0 bridgehead atoms. The summed E-state index contributed by atoms with van der Waals surface area (Å²) in [6.07, 6.45) is 0. The van der Waals surface area contributed by atoms with Crippen LogP contribution in [0.25, 0.3) is 10.1 Å². The second-order valence-corrected chi connectivity index (χ2v) is 7.00. The van der Waals surface area contributed by atoms with Crippen molar-refractivity contribution in [1.82, 2.24) is 0 Å². The van der Waals surface area contributed by atoms with Gasteiger partial charge in [-0.05, 0) is 55.5 Å². The maximum atomic E-state index is 6.29. The maximum Gasteiger partial charge on any atom is 0.121 e. The summed E-state index contributed by atoms with van der Waals surface area (Å²) in [7, 11) is 1.65. The normalized spacial score (nSPS) is 11.0. The number of methoxy groups -OCH3 is 1. The van der Waals surface area contributed by atoms with E-state index in [0.717, 1.165) is 17.1 Å². The number of anilines is 2. The molecule has 22 heavy (non-hydrogen) atoms. The molecule has 0 radical (unpaired) electrons. The molecule has 0 saturated heterocycles. The van der Waals surface area contributed by atoms with Crippen molar-refractivity contribution < 1.29 is 4.74 Å². The first-order valence-electron chi connectivity index (χ1n) is 7.11. The van der Waals surface area contributed by atoms with Crippen molar-refractivity contribution in [2.24, 2.45) is 0 Å². The number of nitrogens with one attached hydrogen (secondary N) is 1. The summed E-state index contributed by atoms with van der Waals surface area (Å²) in [6, 6.07) is 9.91. The van der Waals surface area contributed by atoms with E-state index in [1.165, 1.54) is 26.1 Å². The Morgan fingerprint density at radius 2 is 1.77 bits per heavy atom. The fourth-order valence-corrected chi connectivity index (χ4v) is 3.87. The number of thiophene rings is 1. The van der Waals surface area contributed by atoms with Crippen LogP contribution in [-0.2, 0) is 0 Å². The molecule has 0 aliphatic rings. The van der Waals surface area contributed by atoms with Crippen molar-refractivity contribution in [2.75, 3.05) is 12.4 Å². The first-order chi connectivity index (χ1) is 10.5. The van der Waals surface area contributed by atoms with Crippen molar-refractivity contribution >= 4 is 44.4 Å². The van der Waals surface area contributed by atoms with E-state index in [9.17, 15) is 0 Å². The van der Waals surface area contributed by atoms with Crippen LogP contribution in [0.3, 0.4) is 0 Å². The monoisotopic (exact) mass is 331 g/mol. The molecule has 2 aromatic carbocycles. The summed E-state index contributed by atoms with van der Waals surface area (Å²) in [5.74, 6) is 0.786. The van der Waals surface area contributed by atoms with Crippen LogP contribution >= 0.6 is 22.9 Å². The Balaban J connectivity index is 2.06. The molecule has 0 aliphatic carbocycles. The average Bonchev–Trinajstić information content (AvgIpc) is 2.80. The molecule has 0 atom stereocenters. The fourth-order valence-electron chi connectivity index (χ4n) is 2.55. The molecule has 114 valence electrons. The zero-order chi connectivity index (χ0) is 15.9. The second kappa shape index (κ2) is 5.82. The number of fused-ring (bicyclic) bond motifs is 1. The molecule has 1 heterocycles. The van der Waals surface area contributed by atoms with E-state index in [2.05, 4.69) is 38.2 Å². The van der Waals surface area contributed by atoms with Gasteiger partial charge in [-0.2, -0.15) is 0 Å². The van der Waals surface area contributed by atoms with Crippen LogP contribution in [0.15, 0.2) is 30.3 Å². The van der Waals surface area contributed by atoms with E-state index in [0.29, 0.717) is 5.02 Å². The molecule has 4 heteroatoms. The quantitative estimate of drug-likeness (QED) is 0.614. The van der Waals surface area contributed by atoms with Gasteiger partial charge in [-0.1, -0.05) is 17.7 Å². The number of hydrogen-bond acceptors (Lipinski definition) is 3. The van der Waals surface area contributed by atoms with E-state index in [-0.39, 0.29) is 0 Å². The summed E-state index contributed by atoms with van der Waals surface area (Å²) in [5.41, 5.74) is 4.55. The minimum Gasteiger partial charge on any atom is -0.497 e. The Morgan fingerprint density at radius 1 is 1.00 bits per heavy atom. The van der Waals surface area contributed by atoms with Gasteiger partial charge in [0.1, 0.15) is 5.75 Å². The summed E-state index contributed by atoms with van der Waals surface area (Å²) >= 11 is 8.13. The minimum atomic E-state index is 0.679. The SMILES string of the molecule is COc1ccc(Cl)c(Nc2ccc3c(C)c(C)sc3c2C)c1. The number of benzene rings is 2. The minimum absolute atomic E-state index is 0.679. The molecule has 2 nitrogen and oxygen atoms in total. The van der Waals surface area contributed by atoms with Crippen LogP contribution in [0.5, 0.6) is 5.75 Å². The lowest BCUT2D eigenvalue weighted by atomic mass is 10.1. The predicted molar refractivity (Wildman–Crippen MR) is 97.3 cm³/mol. The molecular formula is C18H18ClNOS. The third-order valence-electron chi connectivity index (χ3n) is 4.04. The fraction of sp³-hybridized carbons (Fsp3) is 0.222. The van der Waals surface area contributed by atoms with Gasteiger partial charge >= 0.3 is 0 Å². The van der Waals surface area contributed by atoms with Gasteiger partial charge < -0.3 is 10.1 Å². The Labute approximate surface area is 139 Å². The van der Waals surface area contributed by atoms with E-state index in [1.54, 1.807) is 7.11 Å². The van der Waals surface area contributed by atoms with Crippen molar-refractivity contribution in [3.63, 3.8) is 0 Å². The van der Waals surface area contributed by atoms with Crippen LogP contribution in [0.2, 0.25) is 5.02 Å². The van der Waals surface area contributed by atoms with Gasteiger partial charge in [0.25, 0.3) is 0 Å². The highest BCUT2D eigenvalue weighted by Crippen LogP contribution is 2.38. The number of halogens is 1. The first-order valence-corrected chi connectivity index (χ1v) is 8.30. The summed E-state index contributed by atoms with van der Waals surface area (Å²) in [4.78, 5) is 1.37. The van der Waals surface area contributed by atoms with E-state index in [1.807, 2.05) is 29.5 Å². The van der Waals surface area contributed by atoms with Crippen LogP contribution in [0.4, 0.5) is 11.4 Å². The Kier molecular flexibility index (Phi) is 4.02. The van der Waals surface area contributed by atoms with Crippen molar-refractivity contribution in [1.29, 1.82) is 0 Å². The standard InChI is InChI=1S/C18H18ClNOS/c1-10-12(3)22-18-11(2)16(8-6-14(10)18)20-17-9-13(21-4)5-7-15(17)19/h5-9,20H,1-4H3. The lowest BCUT2D eigenvalue weighted by molar-refractivity contribution is 0.415. The Morgan fingerprint density at radius 3 is 2.50 bits per heavy atom. The van der Waals surface area contributed by atoms with Crippen LogP contribution in [0, 0.1) is 20.8 Å². The third-order valence-corrected chi connectivity index (χ3v) is 5.71. The van der Waals surface area contributed by atoms with Crippen molar-refractivity contribution in [3.05, 3.63) is 51.4 Å². The molecule has 3 rings (SSSR count). The highest BCUT2D eigenvalue weighted by molar-refractivity contribution is 7.19. The van der Waals surface area contributed by atoms with Gasteiger partial charge in [-0.3, -0.25) is 0 Å². The maximum absolute atomic E-state index is 6.29. The zero-order valence-electron chi connectivity index (χ0n) is 13.1. The summed E-state index contributed by atoms with van der Waals surface area (Å²) in [6.45, 7) is 6.50. The summed E-state index contributed by atoms with van der Waals surface area (Å²) in [5, 5.41) is 5.45. The topological polar surface area (TPSA) is 21.3 Å². The van der Waals surface area contributed by atoms with Gasteiger partial charge in [0.05, 0.1) is 17.8 Å². The molecule has 1 aromatic heterocycles. The van der Waals surface area contributed by atoms with Crippen LogP contribution < -0.4 is 10.1 Å². The molecule has 0 amide bonds. The highest BCUT2D eigenvalue weighted by Gasteiger charge is 2.11. The van der Waals surface area contributed by atoms with Crippen molar-refractivity contribution in [3.8, 4) is 5.75 Å². The van der Waals surface area contributed by atoms with Gasteiger partial charge in [0, 0.05) is 21.3 Å². The zero-order valence-corrected chi connectivity index (χ0v) is 14.7. The number of hydrogen-bond donors (Lipinski definition) is 1. The molecule has 0 unspecified atom stereocenters. The van der Waals surface area contributed by atoms with Crippen LogP contribution in [0.1, 0.15) is 16.0 Å². The number of aryl methyl sites for hydroxylation is 3. The van der Waals surface area contributed by atoms with Gasteiger partial charge in [0.15, 0.2) is 0 Å². The van der Waals surface area contributed by atoms with Crippen LogP contribution in [-0.4, -0.2) is 7.11 Å². The lowest BCUT2D eigenvalue weighted by Crippen LogP contribution is -1.95. The van der Waals surface area contributed by atoms with Gasteiger partial charge in [-0.15, -0.1) is 11.3 Å². The molecule has 1 N–H and O–H groups in total. The van der Waals surface area contributed by atoms with Crippen molar-refractivity contribution in [2.45, 2.75) is 20.8 Å². The predicted octanol–water partition coefficient (Wildman–Crippen LogP) is 6.23. The van der Waals surface area contributed by atoms with Gasteiger partial charge in [0.2, 0.25) is 0 Å². The molecule has 0 aliphatic heterocycles. The first kappa shape index (κ1) is 15.2. The van der Waals surface area contributed by atoms with Gasteiger partial charge in [-0.25, -0.2) is 0 Å². The average molecular weight is 332 g/mol. The Hall–Kier alpha value is -1.71. The highest BCUT2D eigenvalue weighted by atomic mass is 35.5. The number of rotatable bonds is 3. The molecule has 0 saturated carbocycles.